The third kappa shape index (κ3) is 6.68. The molecule has 0 bridgehead atoms. The van der Waals surface area contributed by atoms with Crippen molar-refractivity contribution in [2.45, 2.75) is 39.0 Å². The maximum Gasteiger partial charge on any atom is 0.328 e. The molecule has 1 rings (SSSR count). The Bertz CT molecular complexity index is 484. The Balaban J connectivity index is 2.49. The van der Waals surface area contributed by atoms with Crippen molar-refractivity contribution in [3.05, 3.63) is 30.0 Å². The van der Waals surface area contributed by atoms with Crippen molar-refractivity contribution < 1.29 is 14.7 Å². The van der Waals surface area contributed by atoms with Gasteiger partial charge in [-0.3, -0.25) is 4.79 Å². The number of anilines is 1. The van der Waals surface area contributed by atoms with E-state index in [1.807, 2.05) is 0 Å². The van der Waals surface area contributed by atoms with E-state index < -0.39 is 5.97 Å². The van der Waals surface area contributed by atoms with Crippen LogP contribution in [0.1, 0.15) is 44.6 Å². The Morgan fingerprint density at radius 1 is 1.35 bits per heavy atom. The minimum Gasteiger partial charge on any atom is -0.478 e. The Kier molecular flexibility index (Phi) is 7.03. The van der Waals surface area contributed by atoms with Gasteiger partial charge < -0.3 is 10.4 Å². The van der Waals surface area contributed by atoms with Gasteiger partial charge in [-0.25, -0.2) is 9.78 Å². The molecule has 0 saturated heterocycles. The number of carboxylic acids is 1. The lowest BCUT2D eigenvalue weighted by Crippen LogP contribution is -2.12. The SMILES string of the molecule is CCCCCCC(=O)Nc1cc(/C=C/C(=O)O)ccn1. The smallest absolute Gasteiger partial charge is 0.328 e. The number of carbonyl (C=O) groups is 2. The molecule has 2 N–H and O–H groups in total. The van der Waals surface area contributed by atoms with Crippen LogP contribution >= 0.6 is 0 Å². The fourth-order valence-electron chi connectivity index (χ4n) is 1.70. The first-order valence-corrected chi connectivity index (χ1v) is 6.78. The van der Waals surface area contributed by atoms with E-state index in [9.17, 15) is 9.59 Å². The van der Waals surface area contributed by atoms with E-state index in [-0.39, 0.29) is 5.91 Å². The van der Waals surface area contributed by atoms with Gasteiger partial charge in [0.15, 0.2) is 0 Å². The Morgan fingerprint density at radius 3 is 2.85 bits per heavy atom. The third-order valence-corrected chi connectivity index (χ3v) is 2.73. The van der Waals surface area contributed by atoms with Gasteiger partial charge in [0.2, 0.25) is 5.91 Å². The highest BCUT2D eigenvalue weighted by Crippen LogP contribution is 2.10. The zero-order chi connectivity index (χ0) is 14.8. The molecule has 5 nitrogen and oxygen atoms in total. The molecule has 20 heavy (non-hydrogen) atoms. The summed E-state index contributed by atoms with van der Waals surface area (Å²) >= 11 is 0. The van der Waals surface area contributed by atoms with E-state index in [1.165, 1.54) is 12.3 Å². The fourth-order valence-corrected chi connectivity index (χ4v) is 1.70. The van der Waals surface area contributed by atoms with Gasteiger partial charge in [-0.1, -0.05) is 26.2 Å². The van der Waals surface area contributed by atoms with Crippen LogP contribution in [-0.4, -0.2) is 22.0 Å². The lowest BCUT2D eigenvalue weighted by Gasteiger charge is -2.05. The lowest BCUT2D eigenvalue weighted by molar-refractivity contribution is -0.131. The normalized spacial score (nSPS) is 10.7. The van der Waals surface area contributed by atoms with Crippen LogP contribution in [0.15, 0.2) is 24.4 Å². The molecule has 0 radical (unpaired) electrons. The lowest BCUT2D eigenvalue weighted by atomic mass is 10.1. The molecule has 0 aliphatic rings. The molecule has 5 heteroatoms. The number of pyridine rings is 1. The molecule has 0 atom stereocenters. The fraction of sp³-hybridized carbons (Fsp3) is 0.400. The Labute approximate surface area is 118 Å². The predicted octanol–water partition coefficient (Wildman–Crippen LogP) is 3.09. The second-order valence-electron chi connectivity index (χ2n) is 4.50. The Hall–Kier alpha value is -2.17. The van der Waals surface area contributed by atoms with Gasteiger partial charge in [0.1, 0.15) is 5.82 Å². The summed E-state index contributed by atoms with van der Waals surface area (Å²) < 4.78 is 0. The summed E-state index contributed by atoms with van der Waals surface area (Å²) in [5, 5.41) is 11.3. The molecule has 0 aromatic carbocycles. The number of rotatable bonds is 8. The number of hydrogen-bond donors (Lipinski definition) is 2. The zero-order valence-corrected chi connectivity index (χ0v) is 11.6. The highest BCUT2D eigenvalue weighted by molar-refractivity contribution is 5.90. The molecule has 1 aromatic heterocycles. The molecule has 0 aliphatic heterocycles. The van der Waals surface area contributed by atoms with Crippen molar-refractivity contribution in [2.75, 3.05) is 5.32 Å². The van der Waals surface area contributed by atoms with Crippen LogP contribution in [0.3, 0.4) is 0 Å². The summed E-state index contributed by atoms with van der Waals surface area (Å²) in [6.45, 7) is 2.13. The van der Waals surface area contributed by atoms with E-state index in [1.54, 1.807) is 12.1 Å². The first-order valence-electron chi connectivity index (χ1n) is 6.78. The molecular weight excluding hydrogens is 256 g/mol. The van der Waals surface area contributed by atoms with E-state index in [0.29, 0.717) is 17.8 Å². The monoisotopic (exact) mass is 276 g/mol. The zero-order valence-electron chi connectivity index (χ0n) is 11.6. The number of nitrogens with one attached hydrogen (secondary N) is 1. The third-order valence-electron chi connectivity index (χ3n) is 2.73. The van der Waals surface area contributed by atoms with Crippen LogP contribution in [0.5, 0.6) is 0 Å². The largest absolute Gasteiger partial charge is 0.478 e. The van der Waals surface area contributed by atoms with E-state index >= 15 is 0 Å². The number of carbonyl (C=O) groups excluding carboxylic acids is 1. The standard InChI is InChI=1S/C15H20N2O3/c1-2-3-4-5-6-14(18)17-13-11-12(9-10-16-13)7-8-15(19)20/h7-11H,2-6H2,1H3,(H,19,20)(H,16,17,18)/b8-7+. The number of carboxylic acid groups (broad SMARTS) is 1. The maximum absolute atomic E-state index is 11.7. The molecule has 0 saturated carbocycles. The van der Waals surface area contributed by atoms with E-state index in [4.69, 9.17) is 5.11 Å². The molecule has 1 amide bonds. The summed E-state index contributed by atoms with van der Waals surface area (Å²) in [6.07, 6.45) is 8.73. The molecule has 0 unspecified atom stereocenters. The van der Waals surface area contributed by atoms with Crippen LogP contribution in [0.25, 0.3) is 6.08 Å². The van der Waals surface area contributed by atoms with Gasteiger partial charge in [-0.15, -0.1) is 0 Å². The van der Waals surface area contributed by atoms with Crippen LogP contribution in [0.4, 0.5) is 5.82 Å². The van der Waals surface area contributed by atoms with Crippen LogP contribution < -0.4 is 5.32 Å². The van der Waals surface area contributed by atoms with Crippen LogP contribution in [0, 0.1) is 0 Å². The van der Waals surface area contributed by atoms with E-state index in [2.05, 4.69) is 17.2 Å². The van der Waals surface area contributed by atoms with Crippen LogP contribution in [0.2, 0.25) is 0 Å². The van der Waals surface area contributed by atoms with Gasteiger partial charge in [0.05, 0.1) is 0 Å². The highest BCUT2D eigenvalue weighted by atomic mass is 16.4. The van der Waals surface area contributed by atoms with Crippen molar-refractivity contribution in [3.8, 4) is 0 Å². The second-order valence-corrected chi connectivity index (χ2v) is 4.50. The number of unbranched alkanes of at least 4 members (excludes halogenated alkanes) is 3. The van der Waals surface area contributed by atoms with Gasteiger partial charge in [-0.2, -0.15) is 0 Å². The van der Waals surface area contributed by atoms with Crippen molar-refractivity contribution in [3.63, 3.8) is 0 Å². The molecule has 0 spiro atoms. The number of amides is 1. The van der Waals surface area contributed by atoms with Gasteiger partial charge in [0.25, 0.3) is 0 Å². The molecule has 1 heterocycles. The number of aliphatic carboxylic acids is 1. The summed E-state index contributed by atoms with van der Waals surface area (Å²) in [5.74, 6) is -0.630. The van der Waals surface area contributed by atoms with Crippen molar-refractivity contribution in [2.24, 2.45) is 0 Å². The quantitative estimate of drug-likeness (QED) is 0.565. The van der Waals surface area contributed by atoms with E-state index in [0.717, 1.165) is 31.8 Å². The molecule has 1 aromatic rings. The first kappa shape index (κ1) is 15.9. The number of aromatic nitrogens is 1. The van der Waals surface area contributed by atoms with Crippen molar-refractivity contribution >= 4 is 23.8 Å². The van der Waals surface area contributed by atoms with Crippen LogP contribution in [-0.2, 0) is 9.59 Å². The second kappa shape index (κ2) is 8.85. The summed E-state index contributed by atoms with van der Waals surface area (Å²) in [4.78, 5) is 26.2. The van der Waals surface area contributed by atoms with Crippen molar-refractivity contribution in [1.82, 2.24) is 4.98 Å². The minimum atomic E-state index is -1.01. The van der Waals surface area contributed by atoms with Gasteiger partial charge in [0, 0.05) is 18.7 Å². The predicted molar refractivity (Wildman–Crippen MR) is 78.3 cm³/mol. The molecular formula is C15H20N2O3. The summed E-state index contributed by atoms with van der Waals surface area (Å²) in [6, 6.07) is 3.32. The maximum atomic E-state index is 11.7. The highest BCUT2D eigenvalue weighted by Gasteiger charge is 2.03. The number of hydrogen-bond acceptors (Lipinski definition) is 3. The Morgan fingerprint density at radius 2 is 2.15 bits per heavy atom. The number of nitrogens with zero attached hydrogens (tertiary/aromatic N) is 1. The topological polar surface area (TPSA) is 79.3 Å². The minimum absolute atomic E-state index is 0.0621. The molecule has 0 fully saturated rings. The van der Waals surface area contributed by atoms with Gasteiger partial charge in [-0.05, 0) is 30.2 Å². The van der Waals surface area contributed by atoms with Crippen molar-refractivity contribution in [1.29, 1.82) is 0 Å². The summed E-state index contributed by atoms with van der Waals surface area (Å²) in [7, 11) is 0. The average molecular weight is 276 g/mol. The van der Waals surface area contributed by atoms with Gasteiger partial charge >= 0.3 is 5.97 Å². The average Bonchev–Trinajstić information content (AvgIpc) is 2.42. The molecule has 108 valence electrons. The first-order chi connectivity index (χ1) is 9.61. The summed E-state index contributed by atoms with van der Waals surface area (Å²) in [5.41, 5.74) is 0.684. The molecule has 0 aliphatic carbocycles.